The van der Waals surface area contributed by atoms with Crippen LogP contribution in [0.15, 0.2) is 48.5 Å². The fraction of sp³-hybridized carbons (Fsp3) is 0.294. The number of hydrogen-bond acceptors (Lipinski definition) is 2. The summed E-state index contributed by atoms with van der Waals surface area (Å²) < 4.78 is 5.91. The average molecular weight is 290 g/mol. The highest BCUT2D eigenvalue weighted by molar-refractivity contribution is 6.31. The molecule has 0 aliphatic carbocycles. The van der Waals surface area contributed by atoms with Crippen LogP contribution in [0.2, 0.25) is 5.02 Å². The van der Waals surface area contributed by atoms with Gasteiger partial charge in [-0.15, -0.1) is 0 Å². The van der Waals surface area contributed by atoms with Crippen LogP contribution in [-0.4, -0.2) is 12.6 Å². The van der Waals surface area contributed by atoms with Gasteiger partial charge in [-0.1, -0.05) is 36.7 Å². The quantitative estimate of drug-likeness (QED) is 0.826. The molecule has 3 heteroatoms. The first kappa shape index (κ1) is 14.7. The lowest BCUT2D eigenvalue weighted by atomic mass is 10.1. The van der Waals surface area contributed by atoms with Gasteiger partial charge in [0.25, 0.3) is 0 Å². The lowest BCUT2D eigenvalue weighted by Crippen LogP contribution is -2.22. The first-order valence-electron chi connectivity index (χ1n) is 6.93. The van der Waals surface area contributed by atoms with E-state index in [9.17, 15) is 0 Å². The highest BCUT2D eigenvalue weighted by Gasteiger charge is 2.06. The van der Waals surface area contributed by atoms with Gasteiger partial charge in [-0.3, -0.25) is 0 Å². The van der Waals surface area contributed by atoms with Crippen molar-refractivity contribution in [3.05, 3.63) is 59.1 Å². The molecule has 2 aromatic carbocycles. The van der Waals surface area contributed by atoms with E-state index in [1.165, 1.54) is 0 Å². The van der Waals surface area contributed by atoms with Crippen molar-refractivity contribution in [1.29, 1.82) is 0 Å². The van der Waals surface area contributed by atoms with Crippen LogP contribution in [0.25, 0.3) is 0 Å². The zero-order chi connectivity index (χ0) is 14.4. The Bertz CT molecular complexity index is 542. The van der Waals surface area contributed by atoms with Crippen molar-refractivity contribution in [3.8, 4) is 5.75 Å². The van der Waals surface area contributed by atoms with Crippen LogP contribution < -0.4 is 10.1 Å². The first-order valence-corrected chi connectivity index (χ1v) is 7.31. The SMILES string of the molecule is CCc1cc(OC(C)CNc2ccccc2)ccc1Cl. The summed E-state index contributed by atoms with van der Waals surface area (Å²) in [6.07, 6.45) is 0.994. The maximum atomic E-state index is 6.11. The third-order valence-electron chi connectivity index (χ3n) is 3.10. The summed E-state index contributed by atoms with van der Waals surface area (Å²) in [5, 5.41) is 4.15. The molecule has 2 nitrogen and oxygen atoms in total. The molecular formula is C17H20ClNO. The van der Waals surface area contributed by atoms with Crippen LogP contribution in [0.4, 0.5) is 5.69 Å². The van der Waals surface area contributed by atoms with Crippen molar-refractivity contribution in [2.45, 2.75) is 26.4 Å². The van der Waals surface area contributed by atoms with Crippen molar-refractivity contribution in [1.82, 2.24) is 0 Å². The van der Waals surface area contributed by atoms with Crippen molar-refractivity contribution in [2.75, 3.05) is 11.9 Å². The fourth-order valence-electron chi connectivity index (χ4n) is 1.99. The van der Waals surface area contributed by atoms with Gasteiger partial charge in [-0.2, -0.15) is 0 Å². The van der Waals surface area contributed by atoms with E-state index < -0.39 is 0 Å². The van der Waals surface area contributed by atoms with Gasteiger partial charge in [0.05, 0.1) is 6.54 Å². The van der Waals surface area contributed by atoms with Gasteiger partial charge in [-0.25, -0.2) is 0 Å². The smallest absolute Gasteiger partial charge is 0.120 e. The third kappa shape index (κ3) is 4.17. The Morgan fingerprint density at radius 2 is 1.90 bits per heavy atom. The lowest BCUT2D eigenvalue weighted by molar-refractivity contribution is 0.234. The van der Waals surface area contributed by atoms with E-state index in [4.69, 9.17) is 16.3 Å². The summed E-state index contributed by atoms with van der Waals surface area (Å²) in [5.74, 6) is 0.869. The maximum absolute atomic E-state index is 6.11. The number of hydrogen-bond donors (Lipinski definition) is 1. The third-order valence-corrected chi connectivity index (χ3v) is 3.47. The number of halogens is 1. The number of para-hydroxylation sites is 1. The van der Waals surface area contributed by atoms with E-state index in [2.05, 4.69) is 19.2 Å². The molecule has 1 unspecified atom stereocenters. The number of aryl methyl sites for hydroxylation is 1. The van der Waals surface area contributed by atoms with E-state index in [1.54, 1.807) is 0 Å². The van der Waals surface area contributed by atoms with E-state index in [1.807, 2.05) is 48.5 Å². The summed E-state index contributed by atoms with van der Waals surface area (Å²) >= 11 is 6.11. The number of benzene rings is 2. The minimum Gasteiger partial charge on any atom is -0.489 e. The molecule has 0 aliphatic heterocycles. The Hall–Kier alpha value is -1.67. The number of anilines is 1. The standard InChI is InChI=1S/C17H20ClNO/c1-3-14-11-16(9-10-17(14)18)20-13(2)12-19-15-7-5-4-6-8-15/h4-11,13,19H,3,12H2,1-2H3. The van der Waals surface area contributed by atoms with Gasteiger partial charge < -0.3 is 10.1 Å². The molecule has 0 heterocycles. The summed E-state index contributed by atoms with van der Waals surface area (Å²) in [6, 6.07) is 16.0. The van der Waals surface area contributed by atoms with Crippen molar-refractivity contribution in [2.24, 2.45) is 0 Å². The summed E-state index contributed by atoms with van der Waals surface area (Å²) in [7, 11) is 0. The highest BCUT2D eigenvalue weighted by atomic mass is 35.5. The molecule has 0 spiro atoms. The number of rotatable bonds is 6. The molecule has 2 aromatic rings. The zero-order valence-corrected chi connectivity index (χ0v) is 12.7. The van der Waals surface area contributed by atoms with Crippen LogP contribution in [0, 0.1) is 0 Å². The van der Waals surface area contributed by atoms with Crippen LogP contribution in [0.5, 0.6) is 5.75 Å². The average Bonchev–Trinajstić information content (AvgIpc) is 2.48. The predicted molar refractivity (Wildman–Crippen MR) is 85.9 cm³/mol. The molecule has 0 radical (unpaired) electrons. The zero-order valence-electron chi connectivity index (χ0n) is 11.9. The van der Waals surface area contributed by atoms with Gasteiger partial charge in [-0.05, 0) is 49.2 Å². The van der Waals surface area contributed by atoms with E-state index in [-0.39, 0.29) is 6.10 Å². The maximum Gasteiger partial charge on any atom is 0.120 e. The molecule has 0 saturated heterocycles. The number of nitrogens with one attached hydrogen (secondary N) is 1. The molecular weight excluding hydrogens is 270 g/mol. The summed E-state index contributed by atoms with van der Waals surface area (Å²) in [4.78, 5) is 0. The van der Waals surface area contributed by atoms with Crippen molar-refractivity contribution < 1.29 is 4.74 Å². The minimum absolute atomic E-state index is 0.0843. The molecule has 0 amide bonds. The van der Waals surface area contributed by atoms with E-state index >= 15 is 0 Å². The Labute approximate surface area is 125 Å². The largest absolute Gasteiger partial charge is 0.489 e. The van der Waals surface area contributed by atoms with Crippen LogP contribution in [0.1, 0.15) is 19.4 Å². The topological polar surface area (TPSA) is 21.3 Å². The second-order valence-corrected chi connectivity index (χ2v) is 5.19. The molecule has 0 saturated carbocycles. The summed E-state index contributed by atoms with van der Waals surface area (Å²) in [6.45, 7) is 4.90. The Kier molecular flexibility index (Phi) is 5.31. The van der Waals surface area contributed by atoms with Gasteiger partial charge in [0.15, 0.2) is 0 Å². The number of ether oxygens (including phenoxy) is 1. The minimum atomic E-state index is 0.0843. The van der Waals surface area contributed by atoms with E-state index in [0.29, 0.717) is 0 Å². The Morgan fingerprint density at radius 1 is 1.15 bits per heavy atom. The first-order chi connectivity index (χ1) is 9.69. The lowest BCUT2D eigenvalue weighted by Gasteiger charge is -2.17. The second kappa shape index (κ2) is 7.20. The van der Waals surface area contributed by atoms with Gasteiger partial charge in [0, 0.05) is 10.7 Å². The van der Waals surface area contributed by atoms with Crippen LogP contribution in [0.3, 0.4) is 0 Å². The Morgan fingerprint density at radius 3 is 2.60 bits per heavy atom. The fourth-order valence-corrected chi connectivity index (χ4v) is 2.24. The molecule has 0 bridgehead atoms. The van der Waals surface area contributed by atoms with Gasteiger partial charge in [0.1, 0.15) is 11.9 Å². The van der Waals surface area contributed by atoms with Crippen LogP contribution >= 0.6 is 11.6 Å². The molecule has 106 valence electrons. The molecule has 0 aliphatic rings. The molecule has 0 aromatic heterocycles. The van der Waals surface area contributed by atoms with Gasteiger partial charge >= 0.3 is 0 Å². The predicted octanol–water partition coefficient (Wildman–Crippen LogP) is 4.78. The molecule has 1 atom stereocenters. The molecule has 0 fully saturated rings. The second-order valence-electron chi connectivity index (χ2n) is 4.78. The van der Waals surface area contributed by atoms with Gasteiger partial charge in [0.2, 0.25) is 0 Å². The van der Waals surface area contributed by atoms with Crippen molar-refractivity contribution in [3.63, 3.8) is 0 Å². The van der Waals surface area contributed by atoms with Crippen molar-refractivity contribution >= 4 is 17.3 Å². The normalized spacial score (nSPS) is 11.9. The highest BCUT2D eigenvalue weighted by Crippen LogP contribution is 2.23. The molecule has 1 N–H and O–H groups in total. The van der Waals surface area contributed by atoms with E-state index in [0.717, 1.165) is 35.0 Å². The monoisotopic (exact) mass is 289 g/mol. The molecule has 20 heavy (non-hydrogen) atoms. The summed E-state index contributed by atoms with van der Waals surface area (Å²) in [5.41, 5.74) is 2.22. The molecule has 2 rings (SSSR count). The Balaban J connectivity index is 1.89. The van der Waals surface area contributed by atoms with Crippen LogP contribution in [-0.2, 0) is 6.42 Å².